The zero-order valence-corrected chi connectivity index (χ0v) is 16.5. The maximum Gasteiger partial charge on any atom is -0.0323 e. The van der Waals surface area contributed by atoms with Crippen LogP contribution in [0.3, 0.4) is 0 Å². The van der Waals surface area contributed by atoms with Crippen LogP contribution in [0.4, 0.5) is 0 Å². The minimum absolute atomic E-state index is 1.25. The molecule has 0 aliphatic heterocycles. The molecule has 0 nitrogen and oxygen atoms in total. The SMILES string of the molecule is CC.CC.CC.CCC.CCC/C(C)=C(/C)CCC. The Morgan fingerprint density at radius 3 is 0.789 bits per heavy atom. The van der Waals surface area contributed by atoms with Gasteiger partial charge in [-0.3, -0.25) is 0 Å². The van der Waals surface area contributed by atoms with Gasteiger partial charge in [-0.1, -0.05) is 99.6 Å². The molecular weight excluding hydrogens is 228 g/mol. The maximum absolute atomic E-state index is 2.26. The van der Waals surface area contributed by atoms with Gasteiger partial charge in [0.15, 0.2) is 0 Å². The van der Waals surface area contributed by atoms with Crippen LogP contribution in [0.2, 0.25) is 0 Å². The Morgan fingerprint density at radius 1 is 0.526 bits per heavy atom. The molecule has 0 saturated carbocycles. The highest BCUT2D eigenvalue weighted by atomic mass is 14.0. The van der Waals surface area contributed by atoms with Gasteiger partial charge in [-0.05, 0) is 26.7 Å². The Balaban J connectivity index is -0.0000000607. The molecular formula is C19H46. The van der Waals surface area contributed by atoms with E-state index in [2.05, 4.69) is 41.5 Å². The highest BCUT2D eigenvalue weighted by molar-refractivity contribution is 5.08. The monoisotopic (exact) mass is 274 g/mol. The van der Waals surface area contributed by atoms with Gasteiger partial charge in [-0.25, -0.2) is 0 Å². The summed E-state index contributed by atoms with van der Waals surface area (Å²) < 4.78 is 0. The second kappa shape index (κ2) is 43.1. The number of rotatable bonds is 4. The van der Waals surface area contributed by atoms with Gasteiger partial charge in [0.2, 0.25) is 0 Å². The van der Waals surface area contributed by atoms with E-state index in [1.54, 1.807) is 11.1 Å². The second-order valence-corrected chi connectivity index (χ2v) is 3.77. The Morgan fingerprint density at radius 2 is 0.684 bits per heavy atom. The number of allylic oxidation sites excluding steroid dienone is 2. The summed E-state index contributed by atoms with van der Waals surface area (Å²) in [4.78, 5) is 0. The molecule has 0 N–H and O–H groups in total. The van der Waals surface area contributed by atoms with E-state index in [0.29, 0.717) is 0 Å². The fourth-order valence-electron chi connectivity index (χ4n) is 1.18. The quantitative estimate of drug-likeness (QED) is 0.451. The summed E-state index contributed by atoms with van der Waals surface area (Å²) in [6.45, 7) is 25.2. The van der Waals surface area contributed by atoms with Crippen molar-refractivity contribution >= 4 is 0 Å². The van der Waals surface area contributed by atoms with Crippen molar-refractivity contribution in [3.63, 3.8) is 0 Å². The maximum atomic E-state index is 2.26. The third kappa shape index (κ3) is 46.3. The zero-order chi connectivity index (χ0) is 16.7. The van der Waals surface area contributed by atoms with E-state index in [1.807, 2.05) is 41.5 Å². The van der Waals surface area contributed by atoms with Crippen LogP contribution in [-0.4, -0.2) is 0 Å². The van der Waals surface area contributed by atoms with Gasteiger partial charge in [0.05, 0.1) is 0 Å². The van der Waals surface area contributed by atoms with Gasteiger partial charge in [-0.2, -0.15) is 0 Å². The molecule has 0 radical (unpaired) electrons. The smallest absolute Gasteiger partial charge is 0.0323 e. The predicted molar refractivity (Wildman–Crippen MR) is 98.2 cm³/mol. The Kier molecular flexibility index (Phi) is 70.9. The summed E-state index contributed by atoms with van der Waals surface area (Å²) in [5, 5.41) is 0. The van der Waals surface area contributed by atoms with Gasteiger partial charge in [-0.15, -0.1) is 0 Å². The van der Waals surface area contributed by atoms with Crippen molar-refractivity contribution in [3.05, 3.63) is 11.1 Å². The first-order valence-corrected chi connectivity index (χ1v) is 8.79. The predicted octanol–water partition coefficient (Wildman–Crippen LogP) is 8.42. The fraction of sp³-hybridized carbons (Fsp3) is 0.895. The van der Waals surface area contributed by atoms with Gasteiger partial charge in [0.25, 0.3) is 0 Å². The van der Waals surface area contributed by atoms with E-state index in [9.17, 15) is 0 Å². The molecule has 19 heavy (non-hydrogen) atoms. The van der Waals surface area contributed by atoms with E-state index >= 15 is 0 Å². The lowest BCUT2D eigenvalue weighted by atomic mass is 10.0. The molecule has 0 aromatic heterocycles. The average Bonchev–Trinajstić information content (AvgIpc) is 2.47. The van der Waals surface area contributed by atoms with Gasteiger partial charge < -0.3 is 0 Å². The van der Waals surface area contributed by atoms with E-state index in [0.717, 1.165) is 0 Å². The number of hydrogen-bond acceptors (Lipinski definition) is 0. The number of hydrogen-bond donors (Lipinski definition) is 0. The highest BCUT2D eigenvalue weighted by Crippen LogP contribution is 2.13. The molecule has 0 spiro atoms. The Hall–Kier alpha value is -0.260. The van der Waals surface area contributed by atoms with Crippen molar-refractivity contribution in [2.45, 2.75) is 115 Å². The third-order valence-electron chi connectivity index (χ3n) is 1.98. The van der Waals surface area contributed by atoms with Crippen LogP contribution >= 0.6 is 0 Å². The lowest BCUT2D eigenvalue weighted by molar-refractivity contribution is 0.837. The van der Waals surface area contributed by atoms with Gasteiger partial charge >= 0.3 is 0 Å². The molecule has 0 aromatic rings. The Bertz CT molecular complexity index is 106. The molecule has 0 aromatic carbocycles. The fourth-order valence-corrected chi connectivity index (χ4v) is 1.18. The summed E-state index contributed by atoms with van der Waals surface area (Å²) in [5.41, 5.74) is 3.20. The summed E-state index contributed by atoms with van der Waals surface area (Å²) >= 11 is 0. The molecule has 0 aliphatic carbocycles. The van der Waals surface area contributed by atoms with E-state index in [1.165, 1.54) is 32.1 Å². The van der Waals surface area contributed by atoms with Crippen molar-refractivity contribution in [2.75, 3.05) is 0 Å². The molecule has 0 rings (SSSR count). The van der Waals surface area contributed by atoms with E-state index in [4.69, 9.17) is 0 Å². The lowest BCUT2D eigenvalue weighted by Gasteiger charge is -2.04. The van der Waals surface area contributed by atoms with Crippen LogP contribution in [0.25, 0.3) is 0 Å². The van der Waals surface area contributed by atoms with Crippen LogP contribution in [0, 0.1) is 0 Å². The van der Waals surface area contributed by atoms with Crippen molar-refractivity contribution in [1.82, 2.24) is 0 Å². The lowest BCUT2D eigenvalue weighted by Crippen LogP contribution is -1.83. The summed E-state index contributed by atoms with van der Waals surface area (Å²) in [6.07, 6.45) is 6.39. The van der Waals surface area contributed by atoms with Crippen LogP contribution in [-0.2, 0) is 0 Å². The molecule has 122 valence electrons. The van der Waals surface area contributed by atoms with Crippen LogP contribution in [0.1, 0.15) is 115 Å². The molecule has 0 bridgehead atoms. The minimum Gasteiger partial charge on any atom is -0.0744 e. The molecule has 0 unspecified atom stereocenters. The normalized spacial score (nSPS) is 8.84. The van der Waals surface area contributed by atoms with Gasteiger partial charge in [0, 0.05) is 0 Å². The first kappa shape index (κ1) is 31.2. The molecule has 0 aliphatic rings. The standard InChI is InChI=1S/C10H20.C3H8.3C2H6/c1-5-7-9(3)10(4)8-6-2;1-3-2;3*1-2/h5-8H2,1-4H3;3H2,1-2H3;3*1-2H3/b10-9-;;;;. The van der Waals surface area contributed by atoms with Gasteiger partial charge in [0.1, 0.15) is 0 Å². The molecule has 0 heteroatoms. The second-order valence-electron chi connectivity index (χ2n) is 3.77. The molecule has 0 fully saturated rings. The molecule has 0 amide bonds. The van der Waals surface area contributed by atoms with Crippen molar-refractivity contribution in [3.8, 4) is 0 Å². The van der Waals surface area contributed by atoms with E-state index in [-0.39, 0.29) is 0 Å². The summed E-state index contributed by atoms with van der Waals surface area (Å²) in [6, 6.07) is 0. The Labute approximate surface area is 127 Å². The highest BCUT2D eigenvalue weighted by Gasteiger charge is 1.93. The van der Waals surface area contributed by atoms with Crippen LogP contribution in [0.5, 0.6) is 0 Å². The van der Waals surface area contributed by atoms with E-state index < -0.39 is 0 Å². The largest absolute Gasteiger partial charge is 0.0744 e. The third-order valence-corrected chi connectivity index (χ3v) is 1.98. The average molecular weight is 275 g/mol. The first-order valence-electron chi connectivity index (χ1n) is 8.79. The van der Waals surface area contributed by atoms with Crippen molar-refractivity contribution < 1.29 is 0 Å². The minimum atomic E-state index is 1.25. The van der Waals surface area contributed by atoms with Crippen molar-refractivity contribution in [1.29, 1.82) is 0 Å². The molecule has 0 saturated heterocycles. The molecule has 0 heterocycles. The zero-order valence-electron chi connectivity index (χ0n) is 16.5. The summed E-state index contributed by atoms with van der Waals surface area (Å²) in [7, 11) is 0. The first-order chi connectivity index (χ1) is 9.13. The van der Waals surface area contributed by atoms with Crippen LogP contribution in [0.15, 0.2) is 11.1 Å². The molecule has 0 atom stereocenters. The van der Waals surface area contributed by atoms with Crippen molar-refractivity contribution in [2.24, 2.45) is 0 Å². The summed E-state index contributed by atoms with van der Waals surface area (Å²) in [5.74, 6) is 0. The van der Waals surface area contributed by atoms with Crippen LogP contribution < -0.4 is 0 Å². The topological polar surface area (TPSA) is 0 Å².